The third-order valence-electron chi connectivity index (χ3n) is 5.85. The predicted molar refractivity (Wildman–Crippen MR) is 124 cm³/mol. The highest BCUT2D eigenvalue weighted by Crippen LogP contribution is 2.36. The fourth-order valence-electron chi connectivity index (χ4n) is 4.08. The molecule has 5 nitrogen and oxygen atoms in total. The van der Waals surface area contributed by atoms with Crippen LogP contribution in [0.2, 0.25) is 0 Å². The fourth-order valence-corrected chi connectivity index (χ4v) is 4.08. The summed E-state index contributed by atoms with van der Waals surface area (Å²) in [6.07, 6.45) is 3.89. The van der Waals surface area contributed by atoms with Crippen molar-refractivity contribution in [2.75, 3.05) is 13.1 Å². The Labute approximate surface area is 189 Å². The molecule has 1 heterocycles. The second-order valence-corrected chi connectivity index (χ2v) is 8.76. The minimum Gasteiger partial charge on any atom is -0.439 e. The van der Waals surface area contributed by atoms with Crippen molar-refractivity contribution in [1.29, 1.82) is 0 Å². The van der Waals surface area contributed by atoms with Gasteiger partial charge in [-0.1, -0.05) is 43.7 Å². The van der Waals surface area contributed by atoms with Crippen LogP contribution < -0.4 is 4.74 Å². The minimum atomic E-state index is -0.350. The maximum absolute atomic E-state index is 13.4. The van der Waals surface area contributed by atoms with Gasteiger partial charge in [0.2, 0.25) is 5.88 Å². The molecule has 0 unspecified atom stereocenters. The Balaban J connectivity index is 1.68. The van der Waals surface area contributed by atoms with Crippen LogP contribution in [-0.2, 0) is 13.6 Å². The quantitative estimate of drug-likeness (QED) is 0.437. The number of aliphatic hydroxyl groups is 1. The molecule has 0 aliphatic heterocycles. The summed E-state index contributed by atoms with van der Waals surface area (Å²) < 4.78 is 21.4. The molecule has 6 heteroatoms. The van der Waals surface area contributed by atoms with Crippen LogP contribution in [0, 0.1) is 11.7 Å². The van der Waals surface area contributed by atoms with E-state index in [1.807, 2.05) is 37.4 Å². The van der Waals surface area contributed by atoms with Crippen molar-refractivity contribution in [2.45, 2.75) is 45.3 Å². The standard InChI is InChI=1S/C26H32FN3O2/c1-3-7-22(31)17-30(16-19-10-11-19)18-24-25(20-8-5-4-6-9-20)28-29(2)26(24)32-23-14-12-21(27)13-15-23/h4-6,8-9,12-15,19,22,31H,3,7,10-11,16-18H2,1-2H3/t22-/m1/s1. The van der Waals surface area contributed by atoms with Gasteiger partial charge in [-0.25, -0.2) is 9.07 Å². The summed E-state index contributed by atoms with van der Waals surface area (Å²) in [5.41, 5.74) is 2.87. The monoisotopic (exact) mass is 437 g/mol. The molecule has 0 bridgehead atoms. The number of ether oxygens (including phenoxy) is 1. The van der Waals surface area contributed by atoms with Gasteiger partial charge < -0.3 is 9.84 Å². The van der Waals surface area contributed by atoms with Gasteiger partial charge in [0.25, 0.3) is 0 Å². The van der Waals surface area contributed by atoms with Gasteiger partial charge in [0.1, 0.15) is 17.3 Å². The molecular weight excluding hydrogens is 405 g/mol. The van der Waals surface area contributed by atoms with E-state index < -0.39 is 0 Å². The fraction of sp³-hybridized carbons (Fsp3) is 0.423. The summed E-state index contributed by atoms with van der Waals surface area (Å²) in [4.78, 5) is 2.33. The number of halogens is 1. The summed E-state index contributed by atoms with van der Waals surface area (Å²) in [6.45, 7) is 4.31. The SMILES string of the molecule is CCC[C@@H](O)CN(Cc1c(-c2ccccc2)nn(C)c1Oc1ccc(F)cc1)CC1CC1. The maximum atomic E-state index is 13.4. The lowest BCUT2D eigenvalue weighted by molar-refractivity contribution is 0.0979. The molecule has 1 aliphatic carbocycles. The third-order valence-corrected chi connectivity index (χ3v) is 5.85. The van der Waals surface area contributed by atoms with Crippen LogP contribution in [0.5, 0.6) is 11.6 Å². The van der Waals surface area contributed by atoms with Crippen molar-refractivity contribution in [3.05, 3.63) is 66.0 Å². The number of hydrogen-bond acceptors (Lipinski definition) is 4. The highest BCUT2D eigenvalue weighted by atomic mass is 19.1. The average molecular weight is 438 g/mol. The number of aliphatic hydroxyl groups excluding tert-OH is 1. The molecule has 1 saturated carbocycles. The van der Waals surface area contributed by atoms with E-state index in [2.05, 4.69) is 11.8 Å². The Bertz CT molecular complexity index is 1000. The molecule has 4 rings (SSSR count). The van der Waals surface area contributed by atoms with E-state index in [0.29, 0.717) is 30.6 Å². The van der Waals surface area contributed by atoms with Gasteiger partial charge in [-0.2, -0.15) is 5.10 Å². The highest BCUT2D eigenvalue weighted by molar-refractivity contribution is 5.65. The average Bonchev–Trinajstić information content (AvgIpc) is 3.55. The van der Waals surface area contributed by atoms with Crippen molar-refractivity contribution in [3.8, 4) is 22.9 Å². The molecule has 1 fully saturated rings. The first-order valence-electron chi connectivity index (χ1n) is 11.5. The summed E-state index contributed by atoms with van der Waals surface area (Å²) in [5, 5.41) is 15.3. The molecule has 32 heavy (non-hydrogen) atoms. The normalized spacial score (nSPS) is 14.7. The van der Waals surface area contributed by atoms with Crippen molar-refractivity contribution < 1.29 is 14.2 Å². The van der Waals surface area contributed by atoms with Gasteiger partial charge in [0.15, 0.2) is 0 Å². The molecule has 0 spiro atoms. The molecule has 3 aromatic rings. The Hall–Kier alpha value is -2.70. The molecule has 1 N–H and O–H groups in total. The molecule has 0 radical (unpaired) electrons. The van der Waals surface area contributed by atoms with E-state index in [1.165, 1.54) is 25.0 Å². The summed E-state index contributed by atoms with van der Waals surface area (Å²) in [5.74, 6) is 1.60. The lowest BCUT2D eigenvalue weighted by Crippen LogP contribution is -2.33. The Kier molecular flexibility index (Phi) is 7.22. The van der Waals surface area contributed by atoms with E-state index in [9.17, 15) is 9.50 Å². The van der Waals surface area contributed by atoms with Crippen LogP contribution in [0.4, 0.5) is 4.39 Å². The number of benzene rings is 2. The first-order valence-corrected chi connectivity index (χ1v) is 11.5. The number of hydrogen-bond donors (Lipinski definition) is 1. The zero-order valence-electron chi connectivity index (χ0n) is 18.9. The first-order chi connectivity index (χ1) is 15.5. The van der Waals surface area contributed by atoms with E-state index >= 15 is 0 Å². The van der Waals surface area contributed by atoms with Crippen LogP contribution in [-0.4, -0.2) is 39.0 Å². The van der Waals surface area contributed by atoms with Crippen molar-refractivity contribution in [3.63, 3.8) is 0 Å². The van der Waals surface area contributed by atoms with E-state index in [-0.39, 0.29) is 11.9 Å². The van der Waals surface area contributed by atoms with Crippen molar-refractivity contribution in [1.82, 2.24) is 14.7 Å². The van der Waals surface area contributed by atoms with E-state index in [4.69, 9.17) is 9.84 Å². The van der Waals surface area contributed by atoms with Crippen LogP contribution in [0.3, 0.4) is 0 Å². The second kappa shape index (κ2) is 10.3. The molecular formula is C26H32FN3O2. The summed E-state index contributed by atoms with van der Waals surface area (Å²) in [6, 6.07) is 16.1. The second-order valence-electron chi connectivity index (χ2n) is 8.76. The zero-order valence-corrected chi connectivity index (χ0v) is 18.9. The lowest BCUT2D eigenvalue weighted by Gasteiger charge is -2.25. The summed E-state index contributed by atoms with van der Waals surface area (Å²) >= 11 is 0. The summed E-state index contributed by atoms with van der Waals surface area (Å²) in [7, 11) is 1.87. The number of aryl methyl sites for hydroxylation is 1. The third kappa shape index (κ3) is 5.75. The van der Waals surface area contributed by atoms with Crippen LogP contribution in [0.25, 0.3) is 11.3 Å². The largest absolute Gasteiger partial charge is 0.439 e. The molecule has 1 atom stereocenters. The van der Waals surface area contributed by atoms with E-state index in [1.54, 1.807) is 16.8 Å². The molecule has 0 amide bonds. The van der Waals surface area contributed by atoms with Gasteiger partial charge in [-0.05, 0) is 49.4 Å². The molecule has 170 valence electrons. The minimum absolute atomic E-state index is 0.298. The van der Waals surface area contributed by atoms with Crippen LogP contribution in [0.1, 0.15) is 38.2 Å². The van der Waals surface area contributed by atoms with Crippen LogP contribution in [0.15, 0.2) is 54.6 Å². The van der Waals surface area contributed by atoms with Gasteiger partial charge in [0.05, 0.1) is 11.7 Å². The highest BCUT2D eigenvalue weighted by Gasteiger charge is 2.28. The predicted octanol–water partition coefficient (Wildman–Crippen LogP) is 5.39. The number of rotatable bonds is 11. The van der Waals surface area contributed by atoms with Gasteiger partial charge in [-0.3, -0.25) is 4.90 Å². The van der Waals surface area contributed by atoms with Crippen LogP contribution >= 0.6 is 0 Å². The zero-order chi connectivity index (χ0) is 22.5. The Morgan fingerprint density at radius 2 is 1.88 bits per heavy atom. The van der Waals surface area contributed by atoms with Gasteiger partial charge in [-0.15, -0.1) is 0 Å². The molecule has 1 aromatic heterocycles. The topological polar surface area (TPSA) is 50.5 Å². The lowest BCUT2D eigenvalue weighted by atomic mass is 10.1. The smallest absolute Gasteiger partial charge is 0.222 e. The molecule has 2 aromatic carbocycles. The molecule has 1 aliphatic rings. The van der Waals surface area contributed by atoms with Gasteiger partial charge >= 0.3 is 0 Å². The number of nitrogens with zero attached hydrogens (tertiary/aromatic N) is 3. The Morgan fingerprint density at radius 1 is 1.16 bits per heavy atom. The van der Waals surface area contributed by atoms with Crippen molar-refractivity contribution in [2.24, 2.45) is 13.0 Å². The van der Waals surface area contributed by atoms with Crippen molar-refractivity contribution >= 4 is 0 Å². The van der Waals surface area contributed by atoms with E-state index in [0.717, 1.165) is 36.2 Å². The molecule has 0 saturated heterocycles. The first kappa shape index (κ1) is 22.5. The number of aromatic nitrogens is 2. The maximum Gasteiger partial charge on any atom is 0.222 e. The van der Waals surface area contributed by atoms with Gasteiger partial charge in [0, 0.05) is 32.2 Å². The Morgan fingerprint density at radius 3 is 2.53 bits per heavy atom.